The molecule has 1 aliphatic heterocycles. The first-order valence-corrected chi connectivity index (χ1v) is 10.3. The number of nitrogens with one attached hydrogen (secondary N) is 2. The average Bonchev–Trinajstić information content (AvgIpc) is 3.01. The number of benzene rings is 2. The Labute approximate surface area is 183 Å². The van der Waals surface area contributed by atoms with E-state index in [1.54, 1.807) is 36.4 Å². The van der Waals surface area contributed by atoms with Gasteiger partial charge in [-0.2, -0.15) is 0 Å². The lowest BCUT2D eigenvalue weighted by Crippen LogP contribution is -2.47. The molecule has 1 heterocycles. The van der Waals surface area contributed by atoms with Gasteiger partial charge in [-0.15, -0.1) is 0 Å². The molecule has 0 atom stereocenters. The summed E-state index contributed by atoms with van der Waals surface area (Å²) in [6.07, 6.45) is 1.71. The minimum atomic E-state index is -0.558. The molecule has 0 spiro atoms. The van der Waals surface area contributed by atoms with Crippen molar-refractivity contribution in [2.75, 3.05) is 13.2 Å². The van der Waals surface area contributed by atoms with Crippen LogP contribution in [0.4, 0.5) is 0 Å². The van der Waals surface area contributed by atoms with Gasteiger partial charge in [0.25, 0.3) is 17.7 Å². The number of rotatable bonds is 6. The number of hydrogen-bond donors (Lipinski definition) is 2. The van der Waals surface area contributed by atoms with E-state index in [9.17, 15) is 14.4 Å². The molecule has 7 nitrogen and oxygen atoms in total. The molecule has 3 rings (SSSR count). The van der Waals surface area contributed by atoms with E-state index in [1.807, 2.05) is 31.2 Å². The van der Waals surface area contributed by atoms with E-state index in [1.165, 1.54) is 4.90 Å². The normalized spacial score (nSPS) is 14.7. The van der Waals surface area contributed by atoms with Crippen LogP contribution in [0.1, 0.15) is 22.8 Å². The maximum atomic E-state index is 12.6. The van der Waals surface area contributed by atoms with E-state index >= 15 is 0 Å². The molecule has 0 unspecified atom stereocenters. The number of hydrogen-bond acceptors (Lipinski definition) is 6. The number of amides is 3. The third-order valence-electron chi connectivity index (χ3n) is 4.02. The van der Waals surface area contributed by atoms with E-state index in [4.69, 9.17) is 17.0 Å². The second-order valence-electron chi connectivity index (χ2n) is 6.14. The first kappa shape index (κ1) is 21.5. The molecule has 0 radical (unpaired) electrons. The molecule has 9 heteroatoms. The minimum Gasteiger partial charge on any atom is -0.494 e. The molecule has 1 fully saturated rings. The molecule has 0 aromatic heterocycles. The highest BCUT2D eigenvalue weighted by Gasteiger charge is 2.33. The SMILES string of the molecule is CCOc1ccc(C=C2SC(=S)N(CC(=O)NNC(=O)c3ccccc3)C2=O)cc1. The molecule has 2 N–H and O–H groups in total. The number of carbonyl (C=O) groups is 3. The molecule has 2 aromatic rings. The highest BCUT2D eigenvalue weighted by molar-refractivity contribution is 8.26. The lowest BCUT2D eigenvalue weighted by Gasteiger charge is -2.14. The predicted molar refractivity (Wildman–Crippen MR) is 120 cm³/mol. The third-order valence-corrected chi connectivity index (χ3v) is 5.39. The maximum Gasteiger partial charge on any atom is 0.269 e. The van der Waals surface area contributed by atoms with E-state index < -0.39 is 11.8 Å². The van der Waals surface area contributed by atoms with Crippen LogP contribution in [0.5, 0.6) is 5.75 Å². The van der Waals surface area contributed by atoms with Crippen molar-refractivity contribution in [2.24, 2.45) is 0 Å². The minimum absolute atomic E-state index is 0.279. The van der Waals surface area contributed by atoms with Crippen LogP contribution in [0.25, 0.3) is 6.08 Å². The van der Waals surface area contributed by atoms with Crippen molar-refractivity contribution in [3.05, 3.63) is 70.6 Å². The summed E-state index contributed by atoms with van der Waals surface area (Å²) in [6, 6.07) is 15.8. The fraction of sp³-hybridized carbons (Fsp3) is 0.143. The topological polar surface area (TPSA) is 87.7 Å². The van der Waals surface area contributed by atoms with Crippen molar-refractivity contribution < 1.29 is 19.1 Å². The molecular formula is C21H19N3O4S2. The Morgan fingerprint density at radius 3 is 2.47 bits per heavy atom. The van der Waals surface area contributed by atoms with Crippen molar-refractivity contribution in [3.63, 3.8) is 0 Å². The van der Waals surface area contributed by atoms with Crippen LogP contribution in [0.15, 0.2) is 59.5 Å². The lowest BCUT2D eigenvalue weighted by molar-refractivity contribution is -0.129. The molecule has 1 aliphatic rings. The third kappa shape index (κ3) is 5.46. The fourth-order valence-electron chi connectivity index (χ4n) is 2.59. The summed E-state index contributed by atoms with van der Waals surface area (Å²) in [7, 11) is 0. The van der Waals surface area contributed by atoms with Crippen molar-refractivity contribution in [1.29, 1.82) is 0 Å². The van der Waals surface area contributed by atoms with Crippen molar-refractivity contribution in [2.45, 2.75) is 6.92 Å². The van der Waals surface area contributed by atoms with Gasteiger partial charge in [-0.1, -0.05) is 54.3 Å². The molecule has 154 valence electrons. The molecule has 30 heavy (non-hydrogen) atoms. The second-order valence-corrected chi connectivity index (χ2v) is 7.81. The van der Waals surface area contributed by atoms with Gasteiger partial charge in [0.1, 0.15) is 16.6 Å². The molecule has 2 aromatic carbocycles. The Balaban J connectivity index is 1.57. The fourth-order valence-corrected chi connectivity index (χ4v) is 3.84. The summed E-state index contributed by atoms with van der Waals surface area (Å²) in [5.74, 6) is -0.623. The van der Waals surface area contributed by atoms with Crippen molar-refractivity contribution >= 4 is 52.1 Å². The van der Waals surface area contributed by atoms with Crippen LogP contribution in [-0.2, 0) is 9.59 Å². The van der Waals surface area contributed by atoms with Crippen LogP contribution in [0.2, 0.25) is 0 Å². The van der Waals surface area contributed by atoms with E-state index in [0.29, 0.717) is 17.1 Å². The monoisotopic (exact) mass is 441 g/mol. The van der Waals surface area contributed by atoms with Gasteiger partial charge in [0, 0.05) is 5.56 Å². The molecule has 1 saturated heterocycles. The van der Waals surface area contributed by atoms with Crippen molar-refractivity contribution in [3.8, 4) is 5.75 Å². The number of ether oxygens (including phenoxy) is 1. The predicted octanol–water partition coefficient (Wildman–Crippen LogP) is 2.75. The molecular weight excluding hydrogens is 422 g/mol. The zero-order valence-electron chi connectivity index (χ0n) is 16.1. The van der Waals surface area contributed by atoms with Crippen LogP contribution in [0.3, 0.4) is 0 Å². The first-order chi connectivity index (χ1) is 14.5. The van der Waals surface area contributed by atoms with Crippen LogP contribution in [-0.4, -0.2) is 40.1 Å². The largest absolute Gasteiger partial charge is 0.494 e. The van der Waals surface area contributed by atoms with Gasteiger partial charge in [-0.3, -0.25) is 30.1 Å². The van der Waals surface area contributed by atoms with E-state index in [2.05, 4.69) is 10.9 Å². The first-order valence-electron chi connectivity index (χ1n) is 9.10. The number of thioether (sulfide) groups is 1. The quantitative estimate of drug-likeness (QED) is 0.407. The Morgan fingerprint density at radius 2 is 1.80 bits per heavy atom. The summed E-state index contributed by atoms with van der Waals surface area (Å²) in [5, 5.41) is 0. The smallest absolute Gasteiger partial charge is 0.269 e. The van der Waals surface area contributed by atoms with Crippen LogP contribution < -0.4 is 15.6 Å². The Morgan fingerprint density at radius 1 is 1.10 bits per heavy atom. The van der Waals surface area contributed by atoms with E-state index in [0.717, 1.165) is 23.1 Å². The number of thiocarbonyl (C=S) groups is 1. The molecule has 3 amide bonds. The van der Waals surface area contributed by atoms with Gasteiger partial charge in [0.2, 0.25) is 0 Å². The summed E-state index contributed by atoms with van der Waals surface area (Å²) < 4.78 is 5.68. The number of hydrazine groups is 1. The zero-order chi connectivity index (χ0) is 21.5. The van der Waals surface area contributed by atoms with Crippen LogP contribution >= 0.6 is 24.0 Å². The van der Waals surface area contributed by atoms with Gasteiger partial charge < -0.3 is 4.74 Å². The van der Waals surface area contributed by atoms with Crippen molar-refractivity contribution in [1.82, 2.24) is 15.8 Å². The number of carbonyl (C=O) groups excluding carboxylic acids is 3. The summed E-state index contributed by atoms with van der Waals surface area (Å²) in [6.45, 7) is 2.19. The number of nitrogens with zero attached hydrogens (tertiary/aromatic N) is 1. The van der Waals surface area contributed by atoms with Crippen LogP contribution in [0, 0.1) is 0 Å². The Hall–Kier alpha value is -3.17. The van der Waals surface area contributed by atoms with Gasteiger partial charge in [0.05, 0.1) is 11.5 Å². The van der Waals surface area contributed by atoms with E-state index in [-0.39, 0.29) is 16.8 Å². The zero-order valence-corrected chi connectivity index (χ0v) is 17.7. The molecule has 0 bridgehead atoms. The summed E-state index contributed by atoms with van der Waals surface area (Å²) in [5.41, 5.74) is 5.84. The van der Waals surface area contributed by atoms with Gasteiger partial charge in [-0.25, -0.2) is 0 Å². The van der Waals surface area contributed by atoms with Gasteiger partial charge in [0.15, 0.2) is 0 Å². The summed E-state index contributed by atoms with van der Waals surface area (Å²) in [4.78, 5) is 38.4. The highest BCUT2D eigenvalue weighted by Crippen LogP contribution is 2.32. The molecule has 0 saturated carbocycles. The Kier molecular flexibility index (Phi) is 7.21. The Bertz CT molecular complexity index is 991. The highest BCUT2D eigenvalue weighted by atomic mass is 32.2. The lowest BCUT2D eigenvalue weighted by atomic mass is 10.2. The van der Waals surface area contributed by atoms with Gasteiger partial charge >= 0.3 is 0 Å². The second kappa shape index (κ2) is 10.0. The maximum absolute atomic E-state index is 12.6. The summed E-state index contributed by atoms with van der Waals surface area (Å²) >= 11 is 6.36. The average molecular weight is 442 g/mol. The molecule has 0 aliphatic carbocycles. The standard InChI is InChI=1S/C21H19N3O4S2/c1-2-28-16-10-8-14(9-11-16)12-17-20(27)24(21(29)30-17)13-18(25)22-23-19(26)15-6-4-3-5-7-15/h3-12H,2,13H2,1H3,(H,22,25)(H,23,26). The van der Waals surface area contributed by atoms with Gasteiger partial charge in [-0.05, 0) is 42.8 Å².